The van der Waals surface area contributed by atoms with Crippen LogP contribution in [0.15, 0.2) is 0 Å². The Morgan fingerprint density at radius 1 is 1.30 bits per heavy atom. The number of unbranched alkanes of at least 4 members (excludes halogenated alkanes) is 2. The van der Waals surface area contributed by atoms with Gasteiger partial charge in [-0.3, -0.25) is 0 Å². The monoisotopic (exact) mass is 155 g/mol. The Morgan fingerprint density at radius 3 is 2.30 bits per heavy atom. The summed E-state index contributed by atoms with van der Waals surface area (Å²) in [6.07, 6.45) is -3.06. The molecule has 0 aliphatic heterocycles. The molecule has 0 rings (SSSR count). The lowest BCUT2D eigenvalue weighted by atomic mass is 10.2. The molecule has 0 aliphatic carbocycles. The van der Waals surface area contributed by atoms with E-state index >= 15 is 0 Å². The van der Waals surface area contributed by atoms with E-state index in [1.54, 1.807) is 0 Å². The molecule has 0 fully saturated rings. The molecule has 1 radical (unpaired) electrons. The van der Waals surface area contributed by atoms with Crippen molar-refractivity contribution in [1.29, 1.82) is 0 Å². The fourth-order valence-electron chi connectivity index (χ4n) is 0.501. The van der Waals surface area contributed by atoms with E-state index in [0.717, 1.165) is 6.42 Å². The predicted molar refractivity (Wildman–Crippen MR) is 31.3 cm³/mol. The van der Waals surface area contributed by atoms with Gasteiger partial charge in [-0.15, -0.1) is 0 Å². The summed E-state index contributed by atoms with van der Waals surface area (Å²) in [4.78, 5) is 0. The zero-order chi connectivity index (χ0) is 8.04. The first-order valence-electron chi connectivity index (χ1n) is 3.05. The molecule has 1 N–H and O–H groups in total. The summed E-state index contributed by atoms with van der Waals surface area (Å²) >= 11 is 0. The summed E-state index contributed by atoms with van der Waals surface area (Å²) < 4.78 is 34.2. The molecule has 0 aliphatic rings. The van der Waals surface area contributed by atoms with Gasteiger partial charge in [0, 0.05) is 13.0 Å². The standard InChI is InChI=1S/C6H10F3O/c7-6(8,9)4-2-1-3-5-10/h2,10H,1,3-5H2. The van der Waals surface area contributed by atoms with Crippen molar-refractivity contribution in [3.8, 4) is 0 Å². The van der Waals surface area contributed by atoms with E-state index in [4.69, 9.17) is 5.11 Å². The molecular weight excluding hydrogens is 145 g/mol. The van der Waals surface area contributed by atoms with E-state index in [-0.39, 0.29) is 6.61 Å². The first-order chi connectivity index (χ1) is 4.56. The molecule has 0 atom stereocenters. The van der Waals surface area contributed by atoms with E-state index in [1.165, 1.54) is 0 Å². The minimum Gasteiger partial charge on any atom is -0.396 e. The fourth-order valence-corrected chi connectivity index (χ4v) is 0.501. The maximum absolute atomic E-state index is 11.4. The van der Waals surface area contributed by atoms with Crippen LogP contribution >= 0.6 is 0 Å². The molecule has 0 heterocycles. The van der Waals surface area contributed by atoms with Gasteiger partial charge in [0.1, 0.15) is 0 Å². The average molecular weight is 155 g/mol. The van der Waals surface area contributed by atoms with Gasteiger partial charge in [-0.25, -0.2) is 0 Å². The van der Waals surface area contributed by atoms with Crippen molar-refractivity contribution in [3.05, 3.63) is 6.42 Å². The van der Waals surface area contributed by atoms with Gasteiger partial charge in [-0.2, -0.15) is 13.2 Å². The summed E-state index contributed by atoms with van der Waals surface area (Å²) in [6, 6.07) is 0. The largest absolute Gasteiger partial charge is 0.396 e. The predicted octanol–water partition coefficient (Wildman–Crippen LogP) is 1.92. The number of aliphatic hydroxyl groups is 1. The normalized spacial score (nSPS) is 12.0. The van der Waals surface area contributed by atoms with Gasteiger partial charge in [0.15, 0.2) is 0 Å². The number of hydrogen-bond donors (Lipinski definition) is 1. The van der Waals surface area contributed by atoms with E-state index in [9.17, 15) is 13.2 Å². The van der Waals surface area contributed by atoms with Gasteiger partial charge < -0.3 is 5.11 Å². The van der Waals surface area contributed by atoms with Crippen LogP contribution in [-0.2, 0) is 0 Å². The average Bonchev–Trinajstić information content (AvgIpc) is 1.78. The van der Waals surface area contributed by atoms with Crippen molar-refractivity contribution in [2.45, 2.75) is 25.4 Å². The zero-order valence-corrected chi connectivity index (χ0v) is 5.49. The molecule has 0 aromatic carbocycles. The Kier molecular flexibility index (Phi) is 4.43. The lowest BCUT2D eigenvalue weighted by molar-refractivity contribution is -0.128. The van der Waals surface area contributed by atoms with Crippen molar-refractivity contribution in [1.82, 2.24) is 0 Å². The Morgan fingerprint density at radius 2 is 1.90 bits per heavy atom. The minimum absolute atomic E-state index is 0.0473. The molecule has 0 spiro atoms. The van der Waals surface area contributed by atoms with Crippen LogP contribution in [0.1, 0.15) is 19.3 Å². The highest BCUT2D eigenvalue weighted by molar-refractivity contribution is 4.68. The summed E-state index contributed by atoms with van der Waals surface area (Å²) in [5.41, 5.74) is 0. The van der Waals surface area contributed by atoms with Gasteiger partial charge >= 0.3 is 6.18 Å². The third-order valence-corrected chi connectivity index (χ3v) is 0.942. The van der Waals surface area contributed by atoms with Crippen molar-refractivity contribution in [2.24, 2.45) is 0 Å². The smallest absolute Gasteiger partial charge is 0.389 e. The van der Waals surface area contributed by atoms with Crippen LogP contribution in [0.25, 0.3) is 0 Å². The van der Waals surface area contributed by atoms with E-state index in [1.807, 2.05) is 0 Å². The number of alkyl halides is 3. The zero-order valence-electron chi connectivity index (χ0n) is 5.49. The third-order valence-electron chi connectivity index (χ3n) is 0.942. The number of rotatable bonds is 4. The third kappa shape index (κ3) is 7.75. The summed E-state index contributed by atoms with van der Waals surface area (Å²) in [7, 11) is 0. The van der Waals surface area contributed by atoms with Gasteiger partial charge in [-0.1, -0.05) is 0 Å². The molecule has 0 aromatic rings. The topological polar surface area (TPSA) is 20.2 Å². The summed E-state index contributed by atoms with van der Waals surface area (Å²) in [5, 5.41) is 8.19. The Hall–Kier alpha value is -0.250. The molecule has 0 aromatic heterocycles. The van der Waals surface area contributed by atoms with Gasteiger partial charge in [-0.05, 0) is 19.3 Å². The molecule has 0 amide bonds. The molecule has 0 bridgehead atoms. The molecule has 4 heteroatoms. The van der Waals surface area contributed by atoms with Gasteiger partial charge in [0.25, 0.3) is 0 Å². The van der Waals surface area contributed by atoms with Crippen molar-refractivity contribution in [3.63, 3.8) is 0 Å². The molecule has 61 valence electrons. The quantitative estimate of drug-likeness (QED) is 0.615. The second-order valence-electron chi connectivity index (χ2n) is 1.97. The van der Waals surface area contributed by atoms with Crippen LogP contribution in [0, 0.1) is 6.42 Å². The van der Waals surface area contributed by atoms with Crippen molar-refractivity contribution < 1.29 is 18.3 Å². The lowest BCUT2D eigenvalue weighted by Gasteiger charge is -2.03. The number of hydrogen-bond acceptors (Lipinski definition) is 1. The Balaban J connectivity index is 3.04. The van der Waals surface area contributed by atoms with Crippen LogP contribution in [-0.4, -0.2) is 17.9 Å². The van der Waals surface area contributed by atoms with E-state index < -0.39 is 12.6 Å². The molecule has 0 saturated carbocycles. The minimum atomic E-state index is -4.09. The second kappa shape index (κ2) is 4.55. The Labute approximate surface area is 57.9 Å². The van der Waals surface area contributed by atoms with Crippen LogP contribution in [0.2, 0.25) is 0 Å². The maximum atomic E-state index is 11.4. The fraction of sp³-hybridized carbons (Fsp3) is 0.833. The maximum Gasteiger partial charge on any atom is 0.389 e. The van der Waals surface area contributed by atoms with Gasteiger partial charge in [0.05, 0.1) is 0 Å². The van der Waals surface area contributed by atoms with E-state index in [0.29, 0.717) is 12.8 Å². The SMILES string of the molecule is OCCC[CH]CC(F)(F)F. The summed E-state index contributed by atoms with van der Waals surface area (Å²) in [5.74, 6) is 0. The summed E-state index contributed by atoms with van der Waals surface area (Å²) in [6.45, 7) is -0.0473. The first-order valence-corrected chi connectivity index (χ1v) is 3.05. The highest BCUT2D eigenvalue weighted by Gasteiger charge is 2.25. The number of aliphatic hydroxyl groups excluding tert-OH is 1. The van der Waals surface area contributed by atoms with Crippen LogP contribution in [0.5, 0.6) is 0 Å². The van der Waals surface area contributed by atoms with Gasteiger partial charge in [0.2, 0.25) is 0 Å². The molecule has 0 saturated heterocycles. The van der Waals surface area contributed by atoms with Crippen molar-refractivity contribution >= 4 is 0 Å². The molecular formula is C6H10F3O. The van der Waals surface area contributed by atoms with Crippen LogP contribution in [0.3, 0.4) is 0 Å². The number of halogens is 3. The highest BCUT2D eigenvalue weighted by Crippen LogP contribution is 2.21. The molecule has 0 unspecified atom stereocenters. The molecule has 1 nitrogen and oxygen atoms in total. The lowest BCUT2D eigenvalue weighted by Crippen LogP contribution is -2.06. The van der Waals surface area contributed by atoms with Crippen molar-refractivity contribution in [2.75, 3.05) is 6.61 Å². The first kappa shape index (κ1) is 9.75. The van der Waals surface area contributed by atoms with E-state index in [2.05, 4.69) is 0 Å². The highest BCUT2D eigenvalue weighted by atomic mass is 19.4. The Bertz CT molecular complexity index is 79.6. The second-order valence-corrected chi connectivity index (χ2v) is 1.97. The van der Waals surface area contributed by atoms with Crippen LogP contribution in [0.4, 0.5) is 13.2 Å². The molecule has 10 heavy (non-hydrogen) atoms. The van der Waals surface area contributed by atoms with Crippen LogP contribution < -0.4 is 0 Å².